The van der Waals surface area contributed by atoms with Crippen LogP contribution in [0.15, 0.2) is 18.2 Å². The molecule has 2 rings (SSSR count). The molecule has 1 aliphatic rings. The fraction of sp³-hybridized carbons (Fsp3) is 0.647. The molecule has 0 aliphatic carbocycles. The Morgan fingerprint density at radius 1 is 1.30 bits per heavy atom. The fourth-order valence-electron chi connectivity index (χ4n) is 3.08. The number of rotatable bonds is 5. The van der Waals surface area contributed by atoms with Crippen molar-refractivity contribution in [3.63, 3.8) is 0 Å². The van der Waals surface area contributed by atoms with Crippen molar-refractivity contribution in [1.29, 1.82) is 0 Å². The molecule has 0 bridgehead atoms. The molecule has 2 nitrogen and oxygen atoms in total. The second-order valence-corrected chi connectivity index (χ2v) is 6.23. The van der Waals surface area contributed by atoms with Crippen LogP contribution in [0.25, 0.3) is 0 Å². The molecule has 1 heterocycles. The Bertz CT molecular complexity index is 425. The van der Waals surface area contributed by atoms with E-state index in [1.54, 1.807) is 0 Å². The minimum absolute atomic E-state index is 0.312. The van der Waals surface area contributed by atoms with Gasteiger partial charge in [-0.25, -0.2) is 0 Å². The number of benzene rings is 1. The van der Waals surface area contributed by atoms with Crippen LogP contribution in [0.5, 0.6) is 0 Å². The minimum Gasteiger partial charge on any atom is -0.371 e. The molecule has 20 heavy (non-hydrogen) atoms. The Morgan fingerprint density at radius 3 is 2.55 bits per heavy atom. The summed E-state index contributed by atoms with van der Waals surface area (Å²) in [4.78, 5) is 2.47. The summed E-state index contributed by atoms with van der Waals surface area (Å²) in [5.41, 5.74) is 2.47. The lowest BCUT2D eigenvalue weighted by Gasteiger charge is -2.33. The lowest BCUT2D eigenvalue weighted by molar-refractivity contribution is 0.395. The van der Waals surface area contributed by atoms with E-state index < -0.39 is 0 Å². The monoisotopic (exact) mass is 294 g/mol. The van der Waals surface area contributed by atoms with Crippen molar-refractivity contribution in [1.82, 2.24) is 5.32 Å². The van der Waals surface area contributed by atoms with Crippen molar-refractivity contribution in [2.75, 3.05) is 24.5 Å². The molecule has 1 aromatic rings. The summed E-state index contributed by atoms with van der Waals surface area (Å²) in [6.45, 7) is 9.87. The van der Waals surface area contributed by atoms with Crippen LogP contribution in [0.4, 0.5) is 5.69 Å². The van der Waals surface area contributed by atoms with Gasteiger partial charge in [-0.15, -0.1) is 0 Å². The van der Waals surface area contributed by atoms with Crippen LogP contribution in [0, 0.1) is 5.92 Å². The zero-order chi connectivity index (χ0) is 14.5. The molecule has 1 unspecified atom stereocenters. The predicted molar refractivity (Wildman–Crippen MR) is 88.8 cm³/mol. The van der Waals surface area contributed by atoms with Gasteiger partial charge in [0.1, 0.15) is 0 Å². The lowest BCUT2D eigenvalue weighted by Crippen LogP contribution is -2.33. The van der Waals surface area contributed by atoms with Gasteiger partial charge >= 0.3 is 0 Å². The van der Waals surface area contributed by atoms with Crippen LogP contribution in [-0.2, 0) is 0 Å². The molecule has 0 spiro atoms. The van der Waals surface area contributed by atoms with E-state index in [-0.39, 0.29) is 0 Å². The lowest BCUT2D eigenvalue weighted by atomic mass is 9.94. The smallest absolute Gasteiger partial charge is 0.0474 e. The van der Waals surface area contributed by atoms with Gasteiger partial charge in [0.15, 0.2) is 0 Å². The van der Waals surface area contributed by atoms with Gasteiger partial charge in [-0.1, -0.05) is 37.9 Å². The van der Waals surface area contributed by atoms with E-state index in [4.69, 9.17) is 11.6 Å². The highest BCUT2D eigenvalue weighted by molar-refractivity contribution is 6.31. The molecule has 112 valence electrons. The minimum atomic E-state index is 0.312. The fourth-order valence-corrected chi connectivity index (χ4v) is 3.42. The molecule has 1 atom stereocenters. The summed E-state index contributed by atoms with van der Waals surface area (Å²) in [6, 6.07) is 6.85. The summed E-state index contributed by atoms with van der Waals surface area (Å²) < 4.78 is 0. The maximum Gasteiger partial charge on any atom is 0.0474 e. The second kappa shape index (κ2) is 7.33. The van der Waals surface area contributed by atoms with Crippen LogP contribution < -0.4 is 10.2 Å². The average molecular weight is 295 g/mol. The van der Waals surface area contributed by atoms with Gasteiger partial charge in [-0.2, -0.15) is 0 Å². The highest BCUT2D eigenvalue weighted by Crippen LogP contribution is 2.30. The topological polar surface area (TPSA) is 15.3 Å². The highest BCUT2D eigenvalue weighted by Gasteiger charge is 2.19. The van der Waals surface area contributed by atoms with Crippen molar-refractivity contribution >= 4 is 17.3 Å². The van der Waals surface area contributed by atoms with Crippen LogP contribution in [0.3, 0.4) is 0 Å². The Balaban J connectivity index is 2.05. The second-order valence-electron chi connectivity index (χ2n) is 5.82. The number of hydrogen-bond acceptors (Lipinski definition) is 2. The van der Waals surface area contributed by atoms with Crippen LogP contribution in [0.2, 0.25) is 5.02 Å². The molecule has 1 N–H and O–H groups in total. The van der Waals surface area contributed by atoms with Gasteiger partial charge in [0.25, 0.3) is 0 Å². The zero-order valence-corrected chi connectivity index (χ0v) is 13.7. The van der Waals surface area contributed by atoms with Crippen molar-refractivity contribution < 1.29 is 0 Å². The maximum absolute atomic E-state index is 6.47. The number of nitrogens with zero attached hydrogens (tertiary/aromatic N) is 1. The largest absolute Gasteiger partial charge is 0.371 e. The predicted octanol–water partition coefficient (Wildman–Crippen LogP) is 4.64. The van der Waals surface area contributed by atoms with Gasteiger partial charge in [0.2, 0.25) is 0 Å². The van der Waals surface area contributed by atoms with E-state index in [9.17, 15) is 0 Å². The van der Waals surface area contributed by atoms with E-state index in [2.05, 4.69) is 49.2 Å². The normalized spacial score (nSPS) is 18.3. The Labute approximate surface area is 128 Å². The first-order valence-corrected chi connectivity index (χ1v) is 8.31. The number of piperidine rings is 1. The zero-order valence-electron chi connectivity index (χ0n) is 13.0. The van der Waals surface area contributed by atoms with E-state index >= 15 is 0 Å². The summed E-state index contributed by atoms with van der Waals surface area (Å²) in [7, 11) is 0. The molecule has 0 radical (unpaired) electrons. The molecular formula is C17H27ClN2. The van der Waals surface area contributed by atoms with Crippen molar-refractivity contribution in [3.8, 4) is 0 Å². The van der Waals surface area contributed by atoms with E-state index in [1.165, 1.54) is 30.5 Å². The summed E-state index contributed by atoms with van der Waals surface area (Å²) >= 11 is 6.47. The first-order chi connectivity index (χ1) is 9.65. The summed E-state index contributed by atoms with van der Waals surface area (Å²) in [5, 5.41) is 4.30. The molecule has 1 aliphatic heterocycles. The van der Waals surface area contributed by atoms with E-state index in [0.717, 1.165) is 30.6 Å². The third-order valence-electron chi connectivity index (χ3n) is 4.52. The number of hydrogen-bond donors (Lipinski definition) is 1. The van der Waals surface area contributed by atoms with Crippen LogP contribution in [-0.4, -0.2) is 19.6 Å². The SMILES string of the molecule is CCNC(C)c1ccc(N2CCC(CC)CC2)cc1Cl. The van der Waals surface area contributed by atoms with Crippen LogP contribution >= 0.6 is 11.6 Å². The van der Waals surface area contributed by atoms with Gasteiger partial charge in [-0.05, 0) is 49.9 Å². The van der Waals surface area contributed by atoms with Crippen molar-refractivity contribution in [3.05, 3.63) is 28.8 Å². The first-order valence-electron chi connectivity index (χ1n) is 7.93. The first kappa shape index (κ1) is 15.7. The number of anilines is 1. The van der Waals surface area contributed by atoms with Gasteiger partial charge in [-0.3, -0.25) is 0 Å². The van der Waals surface area contributed by atoms with E-state index in [0.29, 0.717) is 6.04 Å². The van der Waals surface area contributed by atoms with Gasteiger partial charge in [0.05, 0.1) is 0 Å². The maximum atomic E-state index is 6.47. The van der Waals surface area contributed by atoms with Crippen molar-refractivity contribution in [2.24, 2.45) is 5.92 Å². The van der Waals surface area contributed by atoms with Crippen molar-refractivity contribution in [2.45, 2.75) is 46.1 Å². The van der Waals surface area contributed by atoms with Gasteiger partial charge < -0.3 is 10.2 Å². The summed E-state index contributed by atoms with van der Waals surface area (Å²) in [5.74, 6) is 0.912. The van der Waals surface area contributed by atoms with Crippen LogP contribution in [0.1, 0.15) is 51.6 Å². The average Bonchev–Trinajstić information content (AvgIpc) is 2.47. The standard InChI is InChI=1S/C17H27ClN2/c1-4-14-8-10-20(11-9-14)15-6-7-16(17(18)12-15)13(3)19-5-2/h6-7,12-14,19H,4-5,8-11H2,1-3H3. The molecule has 0 amide bonds. The van der Waals surface area contributed by atoms with Gasteiger partial charge in [0, 0.05) is 29.8 Å². The Hall–Kier alpha value is -0.730. The number of nitrogens with one attached hydrogen (secondary N) is 1. The molecule has 1 fully saturated rings. The highest BCUT2D eigenvalue weighted by atomic mass is 35.5. The molecule has 1 aromatic carbocycles. The molecule has 0 saturated carbocycles. The Kier molecular flexibility index (Phi) is 5.74. The summed E-state index contributed by atoms with van der Waals surface area (Å²) in [6.07, 6.45) is 3.93. The third-order valence-corrected chi connectivity index (χ3v) is 4.85. The van der Waals surface area contributed by atoms with E-state index in [1.807, 2.05) is 0 Å². The molecule has 3 heteroatoms. The molecule has 0 aromatic heterocycles. The quantitative estimate of drug-likeness (QED) is 0.851. The third kappa shape index (κ3) is 3.67. The molecule has 1 saturated heterocycles. The number of halogens is 1. The Morgan fingerprint density at radius 2 is 2.00 bits per heavy atom. The molecular weight excluding hydrogens is 268 g/mol.